The Morgan fingerprint density at radius 1 is 1.10 bits per heavy atom. The number of rotatable bonds is 9. The second-order valence-electron chi connectivity index (χ2n) is 4.49. The molecule has 0 saturated heterocycles. The molecule has 5 nitrogen and oxygen atoms in total. The van der Waals surface area contributed by atoms with E-state index in [0.717, 1.165) is 5.56 Å². The van der Waals surface area contributed by atoms with Crippen molar-refractivity contribution in [3.05, 3.63) is 35.9 Å². The molecule has 0 heterocycles. The second kappa shape index (κ2) is 9.88. The summed E-state index contributed by atoms with van der Waals surface area (Å²) in [6, 6.07) is 9.09. The minimum absolute atomic E-state index is 0.0287. The molecular weight excluding hydrogens is 270 g/mol. The fraction of sp³-hybridized carbons (Fsp3) is 0.438. The van der Waals surface area contributed by atoms with Gasteiger partial charge in [-0.3, -0.25) is 4.79 Å². The first-order valence-electron chi connectivity index (χ1n) is 6.78. The number of carbonyl (C=O) groups is 1. The molecular formula is C16H21NO4. The van der Waals surface area contributed by atoms with E-state index in [9.17, 15) is 9.59 Å². The van der Waals surface area contributed by atoms with Gasteiger partial charge in [0.05, 0.1) is 25.2 Å². The highest BCUT2D eigenvalue weighted by molar-refractivity contribution is 5.98. The molecule has 114 valence electrons. The smallest absolute Gasteiger partial charge is 0.227 e. The van der Waals surface area contributed by atoms with Crippen LogP contribution in [-0.4, -0.2) is 57.3 Å². The van der Waals surface area contributed by atoms with Crippen LogP contribution in [-0.2, 0) is 19.1 Å². The van der Waals surface area contributed by atoms with E-state index in [4.69, 9.17) is 9.47 Å². The molecule has 21 heavy (non-hydrogen) atoms. The summed E-state index contributed by atoms with van der Waals surface area (Å²) < 4.78 is 10.00. The molecule has 0 atom stereocenters. The molecule has 0 bridgehead atoms. The number of methoxy groups -OCH3 is 2. The van der Waals surface area contributed by atoms with Crippen molar-refractivity contribution in [1.29, 1.82) is 0 Å². The summed E-state index contributed by atoms with van der Waals surface area (Å²) >= 11 is 0. The van der Waals surface area contributed by atoms with Gasteiger partial charge in [0.15, 0.2) is 0 Å². The van der Waals surface area contributed by atoms with Crippen molar-refractivity contribution in [3.63, 3.8) is 0 Å². The molecule has 0 aliphatic carbocycles. The van der Waals surface area contributed by atoms with Gasteiger partial charge in [0.25, 0.3) is 0 Å². The van der Waals surface area contributed by atoms with Gasteiger partial charge in [0.2, 0.25) is 5.91 Å². The van der Waals surface area contributed by atoms with E-state index in [2.05, 4.69) is 0 Å². The number of benzene rings is 1. The van der Waals surface area contributed by atoms with Crippen LogP contribution in [0, 0.1) is 0 Å². The summed E-state index contributed by atoms with van der Waals surface area (Å²) in [4.78, 5) is 25.1. The Morgan fingerprint density at radius 3 is 2.14 bits per heavy atom. The molecule has 0 aliphatic heterocycles. The van der Waals surface area contributed by atoms with Crippen LogP contribution in [0.5, 0.6) is 0 Å². The average molecular weight is 291 g/mol. The summed E-state index contributed by atoms with van der Waals surface area (Å²) in [6.45, 7) is 1.83. The van der Waals surface area contributed by atoms with E-state index in [0.29, 0.717) is 31.9 Å². The van der Waals surface area contributed by atoms with E-state index in [1.54, 1.807) is 31.3 Å². The fourth-order valence-electron chi connectivity index (χ4n) is 1.86. The predicted octanol–water partition coefficient (Wildman–Crippen LogP) is 1.41. The van der Waals surface area contributed by atoms with Crippen molar-refractivity contribution in [2.75, 3.05) is 40.5 Å². The first-order valence-corrected chi connectivity index (χ1v) is 6.78. The Kier molecular flexibility index (Phi) is 8.05. The number of hydrogen-bond donors (Lipinski definition) is 0. The Hall–Kier alpha value is -1.94. The highest BCUT2D eigenvalue weighted by atomic mass is 16.5. The molecule has 0 aliphatic rings. The monoisotopic (exact) mass is 291 g/mol. The molecule has 0 spiro atoms. The quantitative estimate of drug-likeness (QED) is 0.646. The molecule has 5 heteroatoms. The van der Waals surface area contributed by atoms with Crippen LogP contribution >= 0.6 is 0 Å². The van der Waals surface area contributed by atoms with E-state index >= 15 is 0 Å². The lowest BCUT2D eigenvalue weighted by atomic mass is 10.0. The predicted molar refractivity (Wildman–Crippen MR) is 80.5 cm³/mol. The summed E-state index contributed by atoms with van der Waals surface area (Å²) in [7, 11) is 3.17. The maximum atomic E-state index is 12.3. The highest BCUT2D eigenvalue weighted by Gasteiger charge is 2.16. The van der Waals surface area contributed by atoms with Crippen molar-refractivity contribution in [2.24, 2.45) is 0 Å². The molecule has 1 aromatic carbocycles. The number of ether oxygens (including phenoxy) is 2. The number of nitrogens with zero attached hydrogens (tertiary/aromatic N) is 1. The van der Waals surface area contributed by atoms with Gasteiger partial charge in [0.1, 0.15) is 5.94 Å². The average Bonchev–Trinajstić information content (AvgIpc) is 2.53. The van der Waals surface area contributed by atoms with Crippen LogP contribution in [0.3, 0.4) is 0 Å². The summed E-state index contributed by atoms with van der Waals surface area (Å²) in [6.07, 6.45) is 0.0287. The third-order valence-electron chi connectivity index (χ3n) is 3.06. The van der Waals surface area contributed by atoms with Crippen LogP contribution in [0.2, 0.25) is 0 Å². The molecule has 0 N–H and O–H groups in total. The molecule has 1 aromatic rings. The Balaban J connectivity index is 2.72. The van der Waals surface area contributed by atoms with Crippen LogP contribution in [0.1, 0.15) is 12.0 Å². The van der Waals surface area contributed by atoms with E-state index in [1.165, 1.54) is 0 Å². The van der Waals surface area contributed by atoms with Gasteiger partial charge in [-0.2, -0.15) is 0 Å². The molecule has 0 unspecified atom stereocenters. The first-order chi connectivity index (χ1) is 10.2. The standard InChI is InChI=1S/C16H21NO4/c1-20-10-8-17(9-11-21-2)16(19)12-15(13-18)14-6-4-3-5-7-14/h3-7H,8-12H2,1-2H3. The van der Waals surface area contributed by atoms with Crippen LogP contribution < -0.4 is 0 Å². The number of carbonyl (C=O) groups excluding carboxylic acids is 2. The third kappa shape index (κ3) is 5.92. The van der Waals surface area contributed by atoms with Gasteiger partial charge in [-0.05, 0) is 5.56 Å². The van der Waals surface area contributed by atoms with E-state index in [-0.39, 0.29) is 12.3 Å². The normalized spacial score (nSPS) is 10.0. The maximum absolute atomic E-state index is 12.3. The minimum Gasteiger partial charge on any atom is -0.383 e. The summed E-state index contributed by atoms with van der Waals surface area (Å²) in [5.74, 6) is 1.74. The van der Waals surface area contributed by atoms with Gasteiger partial charge in [-0.25, -0.2) is 4.79 Å². The SMILES string of the molecule is COCCN(CCOC)C(=O)CC(=C=O)c1ccccc1. The molecule has 0 aromatic heterocycles. The number of amides is 1. The van der Waals surface area contributed by atoms with Crippen molar-refractivity contribution in [1.82, 2.24) is 4.90 Å². The van der Waals surface area contributed by atoms with Crippen molar-refractivity contribution < 1.29 is 19.1 Å². The van der Waals surface area contributed by atoms with Gasteiger partial charge < -0.3 is 14.4 Å². The van der Waals surface area contributed by atoms with Gasteiger partial charge in [-0.15, -0.1) is 0 Å². The van der Waals surface area contributed by atoms with Gasteiger partial charge >= 0.3 is 0 Å². The number of hydrogen-bond acceptors (Lipinski definition) is 4. The van der Waals surface area contributed by atoms with E-state index in [1.807, 2.05) is 24.1 Å². The molecule has 0 radical (unpaired) electrons. The van der Waals surface area contributed by atoms with Gasteiger partial charge in [-0.1, -0.05) is 30.3 Å². The largest absolute Gasteiger partial charge is 0.383 e. The zero-order valence-corrected chi connectivity index (χ0v) is 12.5. The van der Waals surface area contributed by atoms with E-state index < -0.39 is 0 Å². The van der Waals surface area contributed by atoms with Crippen LogP contribution in [0.4, 0.5) is 0 Å². The second-order valence-corrected chi connectivity index (χ2v) is 4.49. The summed E-state index contributed by atoms with van der Waals surface area (Å²) in [5, 5.41) is 0. The van der Waals surface area contributed by atoms with Crippen molar-refractivity contribution >= 4 is 17.4 Å². The molecule has 0 fully saturated rings. The first kappa shape index (κ1) is 17.1. The minimum atomic E-state index is -0.133. The lowest BCUT2D eigenvalue weighted by Gasteiger charge is -2.22. The van der Waals surface area contributed by atoms with Crippen LogP contribution in [0.25, 0.3) is 5.57 Å². The van der Waals surface area contributed by atoms with Crippen molar-refractivity contribution in [2.45, 2.75) is 6.42 Å². The topological polar surface area (TPSA) is 55.8 Å². The lowest BCUT2D eigenvalue weighted by molar-refractivity contribution is -0.131. The van der Waals surface area contributed by atoms with Crippen molar-refractivity contribution in [3.8, 4) is 0 Å². The maximum Gasteiger partial charge on any atom is 0.227 e. The van der Waals surface area contributed by atoms with Crippen LogP contribution in [0.15, 0.2) is 30.3 Å². The summed E-state index contributed by atoms with van der Waals surface area (Å²) in [5.41, 5.74) is 1.08. The lowest BCUT2D eigenvalue weighted by Crippen LogP contribution is -2.36. The fourth-order valence-corrected chi connectivity index (χ4v) is 1.86. The Labute approximate surface area is 125 Å². The highest BCUT2D eigenvalue weighted by Crippen LogP contribution is 2.16. The molecule has 1 rings (SSSR count). The van der Waals surface area contributed by atoms with Gasteiger partial charge in [0, 0.05) is 27.3 Å². The molecule has 0 saturated carbocycles. The molecule has 1 amide bonds. The Morgan fingerprint density at radius 2 is 1.67 bits per heavy atom. The zero-order chi connectivity index (χ0) is 15.5. The zero-order valence-electron chi connectivity index (χ0n) is 12.5. The Bertz CT molecular complexity index is 472. The third-order valence-corrected chi connectivity index (χ3v) is 3.06.